The first kappa shape index (κ1) is 24.1. The van der Waals surface area contributed by atoms with Gasteiger partial charge in [-0.2, -0.15) is 13.2 Å². The minimum atomic E-state index is -4.56. The topological polar surface area (TPSA) is 83.6 Å². The van der Waals surface area contributed by atoms with E-state index in [0.29, 0.717) is 23.6 Å². The average Bonchev–Trinajstić information content (AvgIpc) is 2.79. The molecule has 7 nitrogen and oxygen atoms in total. The van der Waals surface area contributed by atoms with E-state index in [0.717, 1.165) is 16.6 Å². The van der Waals surface area contributed by atoms with Crippen LogP contribution in [0, 0.1) is 6.92 Å². The second kappa shape index (κ2) is 9.90. The number of benzene rings is 2. The van der Waals surface area contributed by atoms with E-state index in [2.05, 4.69) is 31.7 Å². The van der Waals surface area contributed by atoms with Crippen LogP contribution in [-0.2, 0) is 11.0 Å². The van der Waals surface area contributed by atoms with E-state index < -0.39 is 11.7 Å². The number of alkyl halides is 3. The molecule has 0 saturated heterocycles. The molecular weight excluding hydrogens is 505 g/mol. The second-order valence-corrected chi connectivity index (χ2v) is 7.64. The zero-order chi connectivity index (χ0) is 24.2. The lowest BCUT2D eigenvalue weighted by Crippen LogP contribution is -2.28. The van der Waals surface area contributed by atoms with Gasteiger partial charge in [0.1, 0.15) is 17.2 Å². The van der Waals surface area contributed by atoms with Crippen molar-refractivity contribution in [1.29, 1.82) is 0 Å². The molecule has 3 rings (SSSR count). The van der Waals surface area contributed by atoms with E-state index in [9.17, 15) is 22.8 Å². The molecule has 0 spiro atoms. The van der Waals surface area contributed by atoms with Crippen LogP contribution in [0.5, 0.6) is 11.5 Å². The van der Waals surface area contributed by atoms with Crippen molar-refractivity contribution in [2.75, 3.05) is 17.5 Å². The van der Waals surface area contributed by atoms with E-state index in [-0.39, 0.29) is 21.8 Å². The first-order valence-electron chi connectivity index (χ1n) is 9.47. The van der Waals surface area contributed by atoms with Crippen molar-refractivity contribution in [3.05, 3.63) is 76.0 Å². The van der Waals surface area contributed by atoms with Gasteiger partial charge < -0.3 is 10.1 Å². The maximum atomic E-state index is 13.2. The van der Waals surface area contributed by atoms with Crippen LogP contribution in [0.1, 0.15) is 21.6 Å². The molecule has 3 aromatic rings. The van der Waals surface area contributed by atoms with Crippen molar-refractivity contribution >= 4 is 39.6 Å². The molecule has 33 heavy (non-hydrogen) atoms. The summed E-state index contributed by atoms with van der Waals surface area (Å²) in [6.07, 6.45) is -2.71. The number of nitrogens with zero attached hydrogens (tertiary/aromatic N) is 2. The molecule has 1 heterocycles. The highest BCUT2D eigenvalue weighted by Crippen LogP contribution is 2.37. The number of pyridine rings is 1. The predicted molar refractivity (Wildman–Crippen MR) is 120 cm³/mol. The highest BCUT2D eigenvalue weighted by atomic mass is 79.9. The highest BCUT2D eigenvalue weighted by Gasteiger charge is 2.33. The summed E-state index contributed by atoms with van der Waals surface area (Å²) < 4.78 is 45.3. The van der Waals surface area contributed by atoms with Gasteiger partial charge in [-0.25, -0.2) is 5.01 Å². The predicted octanol–water partition coefficient (Wildman–Crippen LogP) is 5.31. The van der Waals surface area contributed by atoms with Gasteiger partial charge in [0.05, 0.1) is 16.9 Å². The fourth-order valence-corrected chi connectivity index (χ4v) is 3.28. The van der Waals surface area contributed by atoms with Gasteiger partial charge in [-0.05, 0) is 42.8 Å². The van der Waals surface area contributed by atoms with Crippen molar-refractivity contribution in [3.8, 4) is 11.5 Å². The number of hydrogen-bond donors (Lipinski definition) is 2. The van der Waals surface area contributed by atoms with Crippen molar-refractivity contribution in [1.82, 2.24) is 10.3 Å². The summed E-state index contributed by atoms with van der Waals surface area (Å²) in [5.74, 6) is 0.342. The molecule has 0 bridgehead atoms. The van der Waals surface area contributed by atoms with Crippen molar-refractivity contribution in [2.45, 2.75) is 13.1 Å². The maximum Gasteiger partial charge on any atom is 0.417 e. The molecule has 0 aliphatic heterocycles. The van der Waals surface area contributed by atoms with E-state index in [1.807, 2.05) is 0 Å². The molecule has 0 saturated carbocycles. The molecule has 11 heteroatoms. The summed E-state index contributed by atoms with van der Waals surface area (Å²) in [5.41, 5.74) is 3.05. The molecule has 0 fully saturated rings. The van der Waals surface area contributed by atoms with Gasteiger partial charge >= 0.3 is 6.18 Å². The molecule has 2 amide bonds. The van der Waals surface area contributed by atoms with Crippen molar-refractivity contribution < 1.29 is 27.5 Å². The number of aromatic nitrogens is 1. The van der Waals surface area contributed by atoms with Gasteiger partial charge in [-0.3, -0.25) is 20.0 Å². The summed E-state index contributed by atoms with van der Waals surface area (Å²) in [5, 5.41) is 3.50. The molecular formula is C22H18BrF3N4O3. The number of hydrogen-bond acceptors (Lipinski definition) is 5. The Morgan fingerprint density at radius 1 is 1.15 bits per heavy atom. The molecule has 0 atom stereocenters. The number of hydrazine groups is 1. The molecule has 2 aromatic carbocycles. The third-order valence-corrected chi connectivity index (χ3v) is 5.19. The zero-order valence-corrected chi connectivity index (χ0v) is 19.0. The summed E-state index contributed by atoms with van der Waals surface area (Å²) in [4.78, 5) is 27.5. The standard InChI is InChI=1S/C22H18BrF3N4O3/c1-13-3-5-15(10-20(13)33-16-7-8-28-19(11-16)21(32)27-2)30(12-31)29-14-4-6-18(23)17(9-14)22(24,25)26/h3-12,29H,1-2H3,(H,27,32). The number of nitrogens with one attached hydrogen (secondary N) is 2. The Balaban J connectivity index is 1.87. The number of anilines is 2. The van der Waals surface area contributed by atoms with Gasteiger partial charge in [-0.15, -0.1) is 0 Å². The van der Waals surface area contributed by atoms with Crippen LogP contribution in [0.3, 0.4) is 0 Å². The Bertz CT molecular complexity index is 1190. The minimum Gasteiger partial charge on any atom is -0.457 e. The Morgan fingerprint density at radius 3 is 2.58 bits per heavy atom. The van der Waals surface area contributed by atoms with Crippen LogP contribution < -0.4 is 20.5 Å². The van der Waals surface area contributed by atoms with E-state index in [1.54, 1.807) is 31.2 Å². The Hall–Kier alpha value is -3.60. The van der Waals surface area contributed by atoms with Crippen LogP contribution >= 0.6 is 15.9 Å². The van der Waals surface area contributed by atoms with Gasteiger partial charge in [0, 0.05) is 29.8 Å². The van der Waals surface area contributed by atoms with E-state index in [1.165, 1.54) is 31.4 Å². The fraction of sp³-hybridized carbons (Fsp3) is 0.136. The Morgan fingerprint density at radius 2 is 1.91 bits per heavy atom. The monoisotopic (exact) mass is 522 g/mol. The summed E-state index contributed by atoms with van der Waals surface area (Å²) in [6.45, 7) is 1.78. The van der Waals surface area contributed by atoms with Gasteiger partial charge in [-0.1, -0.05) is 22.0 Å². The van der Waals surface area contributed by atoms with Gasteiger partial charge in [0.25, 0.3) is 5.91 Å². The first-order valence-corrected chi connectivity index (χ1v) is 10.3. The number of carbonyl (C=O) groups excluding carboxylic acids is 2. The summed E-state index contributed by atoms with van der Waals surface area (Å²) in [7, 11) is 1.48. The summed E-state index contributed by atoms with van der Waals surface area (Å²) >= 11 is 2.89. The lowest BCUT2D eigenvalue weighted by Gasteiger charge is -2.22. The van der Waals surface area contributed by atoms with Gasteiger partial charge in [0.15, 0.2) is 0 Å². The molecule has 0 radical (unpaired) electrons. The number of amides is 2. The van der Waals surface area contributed by atoms with Gasteiger partial charge in [0.2, 0.25) is 6.41 Å². The quantitative estimate of drug-likeness (QED) is 0.324. The lowest BCUT2D eigenvalue weighted by atomic mass is 10.2. The van der Waals surface area contributed by atoms with Crippen LogP contribution in [0.4, 0.5) is 24.5 Å². The Kier molecular flexibility index (Phi) is 7.22. The third-order valence-electron chi connectivity index (χ3n) is 4.50. The first-order chi connectivity index (χ1) is 15.6. The lowest BCUT2D eigenvalue weighted by molar-refractivity contribution is -0.138. The second-order valence-electron chi connectivity index (χ2n) is 6.79. The SMILES string of the molecule is CNC(=O)c1cc(Oc2cc(N(C=O)Nc3ccc(Br)c(C(F)(F)F)c3)ccc2C)ccn1. The smallest absolute Gasteiger partial charge is 0.417 e. The number of halogens is 4. The fourth-order valence-electron chi connectivity index (χ4n) is 2.81. The number of rotatable bonds is 7. The van der Waals surface area contributed by atoms with E-state index in [4.69, 9.17) is 4.74 Å². The maximum absolute atomic E-state index is 13.2. The number of aryl methyl sites for hydroxylation is 1. The van der Waals surface area contributed by atoms with Crippen molar-refractivity contribution in [3.63, 3.8) is 0 Å². The molecule has 0 aliphatic rings. The van der Waals surface area contributed by atoms with Crippen LogP contribution in [0.15, 0.2) is 59.2 Å². The minimum absolute atomic E-state index is 0.0602. The zero-order valence-electron chi connectivity index (χ0n) is 17.4. The van der Waals surface area contributed by atoms with E-state index >= 15 is 0 Å². The van der Waals surface area contributed by atoms with Crippen molar-refractivity contribution in [2.24, 2.45) is 0 Å². The largest absolute Gasteiger partial charge is 0.457 e. The molecule has 0 unspecified atom stereocenters. The number of ether oxygens (including phenoxy) is 1. The third kappa shape index (κ3) is 5.80. The average molecular weight is 523 g/mol. The molecule has 0 aliphatic carbocycles. The highest BCUT2D eigenvalue weighted by molar-refractivity contribution is 9.10. The molecule has 2 N–H and O–H groups in total. The van der Waals surface area contributed by atoms with Crippen LogP contribution in [0.25, 0.3) is 0 Å². The van der Waals surface area contributed by atoms with Crippen LogP contribution in [0.2, 0.25) is 0 Å². The normalized spacial score (nSPS) is 11.0. The summed E-state index contributed by atoms with van der Waals surface area (Å²) in [6, 6.07) is 11.4. The molecule has 172 valence electrons. The van der Waals surface area contributed by atoms with Crippen LogP contribution in [-0.4, -0.2) is 24.3 Å². The molecule has 1 aromatic heterocycles. The number of carbonyl (C=O) groups is 2. The Labute approximate surface area is 195 Å².